The maximum Gasteiger partial charge on any atom is 0.124 e. The summed E-state index contributed by atoms with van der Waals surface area (Å²) in [6.45, 7) is 7.03. The van der Waals surface area contributed by atoms with Gasteiger partial charge >= 0.3 is 0 Å². The first-order chi connectivity index (χ1) is 9.47. The summed E-state index contributed by atoms with van der Waals surface area (Å²) in [6.07, 6.45) is 1.31. The standard InChI is InChI=1S/C16H21FN2O/c1-11(2)19(9-12(3)20)10-14-8-15(17)7-13-5-4-6-18-16(13)14/h4-8,11-12,20H,9-10H2,1-3H3. The second-order valence-electron chi connectivity index (χ2n) is 5.51. The highest BCUT2D eigenvalue weighted by Gasteiger charge is 2.15. The van der Waals surface area contributed by atoms with E-state index in [9.17, 15) is 9.50 Å². The van der Waals surface area contributed by atoms with E-state index in [0.29, 0.717) is 13.1 Å². The first-order valence-electron chi connectivity index (χ1n) is 6.92. The molecular formula is C16H21FN2O. The molecule has 4 heteroatoms. The molecule has 0 amide bonds. The summed E-state index contributed by atoms with van der Waals surface area (Å²) in [6, 6.07) is 6.98. The van der Waals surface area contributed by atoms with Crippen LogP contribution in [0.1, 0.15) is 26.3 Å². The normalized spacial score (nSPS) is 13.3. The van der Waals surface area contributed by atoms with Gasteiger partial charge in [0.05, 0.1) is 11.6 Å². The van der Waals surface area contributed by atoms with E-state index in [-0.39, 0.29) is 11.9 Å². The molecule has 20 heavy (non-hydrogen) atoms. The Morgan fingerprint density at radius 2 is 2.05 bits per heavy atom. The third kappa shape index (κ3) is 3.52. The fraction of sp³-hybridized carbons (Fsp3) is 0.438. The van der Waals surface area contributed by atoms with E-state index in [4.69, 9.17) is 0 Å². The quantitative estimate of drug-likeness (QED) is 0.912. The van der Waals surface area contributed by atoms with E-state index in [1.54, 1.807) is 13.1 Å². The molecule has 1 N–H and O–H groups in total. The second-order valence-corrected chi connectivity index (χ2v) is 5.51. The molecule has 0 aliphatic carbocycles. The highest BCUT2D eigenvalue weighted by Crippen LogP contribution is 2.20. The molecule has 0 saturated carbocycles. The SMILES string of the molecule is CC(O)CN(Cc1cc(F)cc2cccnc12)C(C)C. The summed E-state index contributed by atoms with van der Waals surface area (Å²) < 4.78 is 13.7. The zero-order valence-corrected chi connectivity index (χ0v) is 12.2. The minimum atomic E-state index is -0.412. The third-order valence-corrected chi connectivity index (χ3v) is 3.35. The predicted octanol–water partition coefficient (Wildman–Crippen LogP) is 2.97. The van der Waals surface area contributed by atoms with Crippen LogP contribution in [0.15, 0.2) is 30.5 Å². The van der Waals surface area contributed by atoms with Gasteiger partial charge in [-0.3, -0.25) is 9.88 Å². The third-order valence-electron chi connectivity index (χ3n) is 3.35. The van der Waals surface area contributed by atoms with Crippen molar-refractivity contribution in [3.8, 4) is 0 Å². The van der Waals surface area contributed by atoms with Crippen LogP contribution in [-0.4, -0.2) is 33.7 Å². The fourth-order valence-corrected chi connectivity index (χ4v) is 2.36. The summed E-state index contributed by atoms with van der Waals surface area (Å²) in [5.74, 6) is -0.249. The van der Waals surface area contributed by atoms with E-state index in [2.05, 4.69) is 23.7 Å². The smallest absolute Gasteiger partial charge is 0.124 e. The Morgan fingerprint density at radius 3 is 2.70 bits per heavy atom. The van der Waals surface area contributed by atoms with E-state index in [1.165, 1.54) is 12.1 Å². The van der Waals surface area contributed by atoms with Gasteiger partial charge in [-0.15, -0.1) is 0 Å². The molecular weight excluding hydrogens is 255 g/mol. The molecule has 0 aliphatic rings. The Kier molecular flexibility index (Phi) is 4.68. The van der Waals surface area contributed by atoms with Crippen LogP contribution >= 0.6 is 0 Å². The molecule has 0 saturated heterocycles. The number of rotatable bonds is 5. The van der Waals surface area contributed by atoms with Crippen LogP contribution in [0, 0.1) is 5.82 Å². The predicted molar refractivity (Wildman–Crippen MR) is 78.9 cm³/mol. The lowest BCUT2D eigenvalue weighted by Gasteiger charge is -2.28. The van der Waals surface area contributed by atoms with Crippen LogP contribution in [0.3, 0.4) is 0 Å². The van der Waals surface area contributed by atoms with Crippen molar-refractivity contribution >= 4 is 10.9 Å². The van der Waals surface area contributed by atoms with Crippen molar-refractivity contribution in [2.75, 3.05) is 6.54 Å². The van der Waals surface area contributed by atoms with Crippen LogP contribution in [0.2, 0.25) is 0 Å². The Hall–Kier alpha value is -1.52. The second kappa shape index (κ2) is 6.29. The van der Waals surface area contributed by atoms with Crippen molar-refractivity contribution in [3.05, 3.63) is 41.8 Å². The fourth-order valence-electron chi connectivity index (χ4n) is 2.36. The van der Waals surface area contributed by atoms with Gasteiger partial charge in [0.1, 0.15) is 5.82 Å². The van der Waals surface area contributed by atoms with Crippen LogP contribution in [0.25, 0.3) is 10.9 Å². The first kappa shape index (κ1) is 14.9. The van der Waals surface area contributed by atoms with E-state index in [1.807, 2.05) is 12.1 Å². The molecule has 0 aliphatic heterocycles. The zero-order valence-electron chi connectivity index (χ0n) is 12.2. The summed E-state index contributed by atoms with van der Waals surface area (Å²) in [5.41, 5.74) is 1.68. The van der Waals surface area contributed by atoms with E-state index in [0.717, 1.165) is 16.5 Å². The number of pyridine rings is 1. The molecule has 2 rings (SSSR count). The molecule has 2 aromatic rings. The number of hydrogen-bond acceptors (Lipinski definition) is 3. The maximum atomic E-state index is 13.7. The average molecular weight is 276 g/mol. The van der Waals surface area contributed by atoms with Crippen molar-refractivity contribution in [3.63, 3.8) is 0 Å². The lowest BCUT2D eigenvalue weighted by Crippen LogP contribution is -2.36. The molecule has 1 aromatic heterocycles. The van der Waals surface area contributed by atoms with E-state index >= 15 is 0 Å². The largest absolute Gasteiger partial charge is 0.392 e. The van der Waals surface area contributed by atoms with Gasteiger partial charge in [-0.1, -0.05) is 6.07 Å². The number of hydrogen-bond donors (Lipinski definition) is 1. The lowest BCUT2D eigenvalue weighted by atomic mass is 10.1. The molecule has 1 unspecified atom stereocenters. The molecule has 1 atom stereocenters. The molecule has 0 bridgehead atoms. The van der Waals surface area contributed by atoms with Gasteiger partial charge in [0, 0.05) is 30.7 Å². The molecule has 3 nitrogen and oxygen atoms in total. The van der Waals surface area contributed by atoms with Crippen LogP contribution in [0.4, 0.5) is 4.39 Å². The number of aromatic nitrogens is 1. The summed E-state index contributed by atoms with van der Waals surface area (Å²) in [5, 5.41) is 10.4. The number of aliphatic hydroxyl groups excluding tert-OH is 1. The van der Waals surface area contributed by atoms with Gasteiger partial charge < -0.3 is 5.11 Å². The Balaban J connectivity index is 2.36. The Bertz CT molecular complexity index is 584. The monoisotopic (exact) mass is 276 g/mol. The maximum absolute atomic E-state index is 13.7. The highest BCUT2D eigenvalue weighted by molar-refractivity contribution is 5.81. The number of halogens is 1. The van der Waals surface area contributed by atoms with Gasteiger partial charge in [0.15, 0.2) is 0 Å². The summed E-state index contributed by atoms with van der Waals surface area (Å²) >= 11 is 0. The van der Waals surface area contributed by atoms with Crippen LogP contribution in [-0.2, 0) is 6.54 Å². The minimum absolute atomic E-state index is 0.249. The lowest BCUT2D eigenvalue weighted by molar-refractivity contribution is 0.103. The van der Waals surface area contributed by atoms with Crippen molar-refractivity contribution in [2.24, 2.45) is 0 Å². The number of fused-ring (bicyclic) bond motifs is 1. The van der Waals surface area contributed by atoms with Gasteiger partial charge in [-0.05, 0) is 44.5 Å². The minimum Gasteiger partial charge on any atom is -0.392 e. The molecule has 108 valence electrons. The molecule has 0 fully saturated rings. The topological polar surface area (TPSA) is 36.4 Å². The first-order valence-corrected chi connectivity index (χ1v) is 6.92. The molecule has 1 aromatic carbocycles. The molecule has 1 heterocycles. The van der Waals surface area contributed by atoms with Gasteiger partial charge in [0.25, 0.3) is 0 Å². The van der Waals surface area contributed by atoms with Crippen LogP contribution in [0.5, 0.6) is 0 Å². The number of benzene rings is 1. The van der Waals surface area contributed by atoms with Gasteiger partial charge in [-0.25, -0.2) is 4.39 Å². The molecule has 0 spiro atoms. The molecule has 0 radical (unpaired) electrons. The summed E-state index contributed by atoms with van der Waals surface area (Å²) in [7, 11) is 0. The van der Waals surface area contributed by atoms with Crippen molar-refractivity contribution in [1.82, 2.24) is 9.88 Å². The van der Waals surface area contributed by atoms with E-state index < -0.39 is 6.10 Å². The highest BCUT2D eigenvalue weighted by atomic mass is 19.1. The average Bonchev–Trinajstić information content (AvgIpc) is 2.37. The number of nitrogens with zero attached hydrogens (tertiary/aromatic N) is 2. The van der Waals surface area contributed by atoms with Crippen LogP contribution < -0.4 is 0 Å². The Morgan fingerprint density at radius 1 is 1.30 bits per heavy atom. The zero-order chi connectivity index (χ0) is 14.7. The van der Waals surface area contributed by atoms with Crippen molar-refractivity contribution in [2.45, 2.75) is 39.5 Å². The number of aliphatic hydroxyl groups is 1. The summed E-state index contributed by atoms with van der Waals surface area (Å²) in [4.78, 5) is 6.48. The van der Waals surface area contributed by atoms with Gasteiger partial charge in [0.2, 0.25) is 0 Å². The van der Waals surface area contributed by atoms with Crippen molar-refractivity contribution < 1.29 is 9.50 Å². The van der Waals surface area contributed by atoms with Crippen molar-refractivity contribution in [1.29, 1.82) is 0 Å². The Labute approximate surface area is 119 Å². The van der Waals surface area contributed by atoms with Gasteiger partial charge in [-0.2, -0.15) is 0 Å².